The van der Waals surface area contributed by atoms with Crippen molar-refractivity contribution in [3.63, 3.8) is 0 Å². The van der Waals surface area contributed by atoms with Gasteiger partial charge in [0, 0.05) is 17.7 Å². The van der Waals surface area contributed by atoms with Gasteiger partial charge in [0.05, 0.1) is 28.3 Å². The van der Waals surface area contributed by atoms with E-state index in [1.807, 2.05) is 54.3 Å². The van der Waals surface area contributed by atoms with Gasteiger partial charge < -0.3 is 5.73 Å². The molecule has 1 atom stereocenters. The van der Waals surface area contributed by atoms with Gasteiger partial charge in [-0.3, -0.25) is 9.69 Å². The van der Waals surface area contributed by atoms with E-state index in [0.29, 0.717) is 40.5 Å². The molecule has 1 heterocycles. The smallest absolute Gasteiger partial charge is 0.161 e. The first-order valence-electron chi connectivity index (χ1n) is 9.30. The Bertz CT molecular complexity index is 1080. The molecular formula is C23H20ClN3O. The maximum atomic E-state index is 13.1. The third kappa shape index (κ3) is 2.80. The minimum atomic E-state index is -0.437. The van der Waals surface area contributed by atoms with Gasteiger partial charge in [0.25, 0.3) is 0 Å². The largest absolute Gasteiger partial charge is 0.384 e. The molecule has 2 aliphatic rings. The lowest BCUT2D eigenvalue weighted by Gasteiger charge is -2.40. The number of hydrogen-bond acceptors (Lipinski definition) is 4. The van der Waals surface area contributed by atoms with Crippen LogP contribution in [0.15, 0.2) is 71.2 Å². The number of Topliss-reactive ketones (excluding diaryl/α,β-unsaturated/α-hetero) is 1. The molecule has 0 saturated carbocycles. The van der Waals surface area contributed by atoms with Crippen molar-refractivity contribution in [1.29, 1.82) is 5.26 Å². The number of anilines is 1. The van der Waals surface area contributed by atoms with Crippen molar-refractivity contribution >= 4 is 23.1 Å². The second-order valence-electron chi connectivity index (χ2n) is 7.12. The number of carbonyl (C=O) groups excluding carboxylic acids is 1. The van der Waals surface area contributed by atoms with Crippen LogP contribution in [0.1, 0.15) is 36.3 Å². The number of hydrogen-bond donors (Lipinski definition) is 1. The summed E-state index contributed by atoms with van der Waals surface area (Å²) < 4.78 is 0. The van der Waals surface area contributed by atoms with Gasteiger partial charge in [-0.1, -0.05) is 48.0 Å². The molecule has 0 fully saturated rings. The Morgan fingerprint density at radius 2 is 1.86 bits per heavy atom. The fourth-order valence-corrected chi connectivity index (χ4v) is 4.44. The van der Waals surface area contributed by atoms with Crippen molar-refractivity contribution < 1.29 is 4.79 Å². The van der Waals surface area contributed by atoms with Crippen LogP contribution in [0.4, 0.5) is 5.69 Å². The predicted octanol–water partition coefficient (Wildman–Crippen LogP) is 4.95. The number of nitrogens with zero attached hydrogens (tertiary/aromatic N) is 2. The quantitative estimate of drug-likeness (QED) is 0.788. The van der Waals surface area contributed by atoms with E-state index < -0.39 is 5.92 Å². The Morgan fingerprint density at radius 3 is 2.57 bits per heavy atom. The standard InChI is InChI=1S/C23H20ClN3O/c1-14-7-2-3-8-15(14)21-16(13-25)23(26)27(18-10-5-4-9-17(18)24)19-11-6-12-20(28)22(19)21/h2-5,7-10,21H,6,11-12,26H2,1H3. The van der Waals surface area contributed by atoms with Crippen molar-refractivity contribution in [3.8, 4) is 6.07 Å². The number of benzene rings is 2. The summed E-state index contributed by atoms with van der Waals surface area (Å²) in [5.41, 5.74) is 11.1. The van der Waals surface area contributed by atoms with Crippen LogP contribution in [-0.2, 0) is 4.79 Å². The third-order valence-electron chi connectivity index (χ3n) is 5.51. The number of nitriles is 1. The third-order valence-corrected chi connectivity index (χ3v) is 5.83. The fourth-order valence-electron chi connectivity index (χ4n) is 4.22. The fraction of sp³-hybridized carbons (Fsp3) is 0.217. The normalized spacial score (nSPS) is 19.5. The summed E-state index contributed by atoms with van der Waals surface area (Å²) in [7, 11) is 0. The van der Waals surface area contributed by atoms with E-state index >= 15 is 0 Å². The van der Waals surface area contributed by atoms with Gasteiger partial charge in [-0.2, -0.15) is 5.26 Å². The van der Waals surface area contributed by atoms with Crippen LogP contribution in [0.25, 0.3) is 0 Å². The second-order valence-corrected chi connectivity index (χ2v) is 7.53. The van der Waals surface area contributed by atoms with Gasteiger partial charge in [0.2, 0.25) is 0 Å². The lowest BCUT2D eigenvalue weighted by atomic mass is 9.74. The topological polar surface area (TPSA) is 70.1 Å². The first-order valence-corrected chi connectivity index (χ1v) is 9.68. The average Bonchev–Trinajstić information content (AvgIpc) is 2.69. The lowest BCUT2D eigenvalue weighted by molar-refractivity contribution is -0.116. The maximum Gasteiger partial charge on any atom is 0.161 e. The molecule has 0 aromatic heterocycles. The molecule has 2 N–H and O–H groups in total. The Hall–Kier alpha value is -3.03. The summed E-state index contributed by atoms with van der Waals surface area (Å²) in [6.07, 6.45) is 1.96. The van der Waals surface area contributed by atoms with Crippen LogP contribution in [0.3, 0.4) is 0 Å². The van der Waals surface area contributed by atoms with Crippen molar-refractivity contribution in [1.82, 2.24) is 0 Å². The number of carbonyl (C=O) groups is 1. The number of para-hydroxylation sites is 1. The maximum absolute atomic E-state index is 13.1. The van der Waals surface area contributed by atoms with E-state index in [9.17, 15) is 10.1 Å². The van der Waals surface area contributed by atoms with Crippen LogP contribution in [0.5, 0.6) is 0 Å². The van der Waals surface area contributed by atoms with Crippen molar-refractivity contribution in [3.05, 3.63) is 87.3 Å². The number of aryl methyl sites for hydroxylation is 1. The minimum Gasteiger partial charge on any atom is -0.384 e. The molecule has 0 bridgehead atoms. The Kier molecular flexibility index (Phi) is 4.70. The minimum absolute atomic E-state index is 0.0757. The summed E-state index contributed by atoms with van der Waals surface area (Å²) in [4.78, 5) is 14.9. The van der Waals surface area contributed by atoms with E-state index in [0.717, 1.165) is 23.2 Å². The summed E-state index contributed by atoms with van der Waals surface area (Å²) >= 11 is 6.45. The van der Waals surface area contributed by atoms with Gasteiger partial charge in [0.15, 0.2) is 5.78 Å². The molecule has 0 radical (unpaired) electrons. The van der Waals surface area contributed by atoms with Gasteiger partial charge in [-0.25, -0.2) is 0 Å². The van der Waals surface area contributed by atoms with E-state index in [2.05, 4.69) is 6.07 Å². The summed E-state index contributed by atoms with van der Waals surface area (Å²) in [6, 6.07) is 17.5. The SMILES string of the molecule is Cc1ccccc1C1C(C#N)=C(N)N(c2ccccc2Cl)C2=C1C(=O)CCC2. The number of rotatable bonds is 2. The molecule has 28 heavy (non-hydrogen) atoms. The Labute approximate surface area is 169 Å². The molecule has 0 saturated heterocycles. The van der Waals surface area contributed by atoms with E-state index in [1.54, 1.807) is 6.07 Å². The van der Waals surface area contributed by atoms with Crippen LogP contribution < -0.4 is 10.6 Å². The monoisotopic (exact) mass is 389 g/mol. The summed E-state index contributed by atoms with van der Waals surface area (Å²) in [6.45, 7) is 1.99. The molecule has 1 aliphatic heterocycles. The zero-order valence-electron chi connectivity index (χ0n) is 15.6. The number of nitrogens with two attached hydrogens (primary N) is 1. The van der Waals surface area contributed by atoms with Crippen LogP contribution in [-0.4, -0.2) is 5.78 Å². The predicted molar refractivity (Wildman–Crippen MR) is 111 cm³/mol. The second kappa shape index (κ2) is 7.18. The van der Waals surface area contributed by atoms with E-state index in [4.69, 9.17) is 17.3 Å². The highest BCUT2D eigenvalue weighted by atomic mass is 35.5. The number of halogens is 1. The van der Waals surface area contributed by atoms with Crippen molar-refractivity contribution in [2.45, 2.75) is 32.1 Å². The molecule has 0 spiro atoms. The van der Waals surface area contributed by atoms with Crippen LogP contribution in [0, 0.1) is 18.3 Å². The first kappa shape index (κ1) is 18.3. The van der Waals surface area contributed by atoms with E-state index in [-0.39, 0.29) is 5.78 Å². The molecule has 4 rings (SSSR count). The molecular weight excluding hydrogens is 370 g/mol. The average molecular weight is 390 g/mol. The Morgan fingerprint density at radius 1 is 1.14 bits per heavy atom. The first-order chi connectivity index (χ1) is 13.5. The zero-order valence-corrected chi connectivity index (χ0v) is 16.3. The van der Waals surface area contributed by atoms with Gasteiger partial charge in [0.1, 0.15) is 5.82 Å². The summed E-state index contributed by atoms with van der Waals surface area (Å²) in [5.74, 6) is -0.0168. The van der Waals surface area contributed by atoms with Crippen LogP contribution >= 0.6 is 11.6 Å². The van der Waals surface area contributed by atoms with Crippen molar-refractivity contribution in [2.24, 2.45) is 5.73 Å². The molecule has 2 aromatic rings. The van der Waals surface area contributed by atoms with Gasteiger partial charge >= 0.3 is 0 Å². The van der Waals surface area contributed by atoms with E-state index in [1.165, 1.54) is 0 Å². The molecule has 2 aromatic carbocycles. The van der Waals surface area contributed by atoms with Gasteiger partial charge in [-0.05, 0) is 43.0 Å². The lowest BCUT2D eigenvalue weighted by Crippen LogP contribution is -2.39. The highest BCUT2D eigenvalue weighted by Crippen LogP contribution is 2.47. The summed E-state index contributed by atoms with van der Waals surface area (Å²) in [5, 5.41) is 10.5. The van der Waals surface area contributed by atoms with Crippen LogP contribution in [0.2, 0.25) is 5.02 Å². The molecule has 5 heteroatoms. The molecule has 140 valence electrons. The molecule has 1 aliphatic carbocycles. The molecule has 4 nitrogen and oxygen atoms in total. The highest BCUT2D eigenvalue weighted by molar-refractivity contribution is 6.33. The van der Waals surface area contributed by atoms with Crippen molar-refractivity contribution in [2.75, 3.05) is 4.90 Å². The highest BCUT2D eigenvalue weighted by Gasteiger charge is 2.41. The zero-order chi connectivity index (χ0) is 19.8. The molecule has 1 unspecified atom stereocenters. The molecule has 0 amide bonds. The number of ketones is 1. The Balaban J connectivity index is 2.02. The van der Waals surface area contributed by atoms with Gasteiger partial charge in [-0.15, -0.1) is 0 Å². The number of allylic oxidation sites excluding steroid dienone is 3.